The molecule has 0 saturated carbocycles. The van der Waals surface area contributed by atoms with Gasteiger partial charge in [0.15, 0.2) is 0 Å². The van der Waals surface area contributed by atoms with Crippen LogP contribution in [-0.4, -0.2) is 19.1 Å². The van der Waals surface area contributed by atoms with Crippen LogP contribution < -0.4 is 10.6 Å². The van der Waals surface area contributed by atoms with Crippen molar-refractivity contribution in [2.24, 2.45) is 5.73 Å². The average Bonchev–Trinajstić information content (AvgIpc) is 2.23. The van der Waals surface area contributed by atoms with E-state index in [-0.39, 0.29) is 0 Å². The van der Waals surface area contributed by atoms with Gasteiger partial charge in [-0.1, -0.05) is 12.1 Å². The molecule has 0 amide bonds. The number of nitrogens with two attached hydrogens (primary N) is 1. The largest absolute Gasteiger partial charge is 0.368 e. The third-order valence-corrected chi connectivity index (χ3v) is 2.89. The quantitative estimate of drug-likeness (QED) is 0.820. The first-order chi connectivity index (χ1) is 7.10. The number of benzene rings is 1. The molecule has 1 unspecified atom stereocenters. The van der Waals surface area contributed by atoms with Crippen LogP contribution in [0.25, 0.3) is 0 Å². The van der Waals surface area contributed by atoms with Gasteiger partial charge in [-0.05, 0) is 44.9 Å². The Morgan fingerprint density at radius 2 is 2.00 bits per heavy atom. The van der Waals surface area contributed by atoms with E-state index >= 15 is 0 Å². The first kappa shape index (κ1) is 12.1. The molecule has 0 aliphatic rings. The molecule has 0 aliphatic carbocycles. The van der Waals surface area contributed by atoms with Gasteiger partial charge in [-0.2, -0.15) is 0 Å². The van der Waals surface area contributed by atoms with E-state index in [2.05, 4.69) is 50.8 Å². The Kier molecular flexibility index (Phi) is 4.15. The molecular formula is C13H22N2. The van der Waals surface area contributed by atoms with Gasteiger partial charge in [0.2, 0.25) is 0 Å². The van der Waals surface area contributed by atoms with Gasteiger partial charge in [-0.15, -0.1) is 0 Å². The molecule has 0 saturated heterocycles. The predicted molar refractivity (Wildman–Crippen MR) is 67.5 cm³/mol. The third kappa shape index (κ3) is 2.72. The molecule has 0 aromatic heterocycles. The summed E-state index contributed by atoms with van der Waals surface area (Å²) < 4.78 is 0. The zero-order valence-electron chi connectivity index (χ0n) is 10.2. The minimum atomic E-state index is 0.399. The summed E-state index contributed by atoms with van der Waals surface area (Å²) in [5, 5.41) is 0. The van der Waals surface area contributed by atoms with E-state index in [1.165, 1.54) is 16.8 Å². The van der Waals surface area contributed by atoms with Crippen LogP contribution in [-0.2, 0) is 0 Å². The average molecular weight is 206 g/mol. The van der Waals surface area contributed by atoms with Crippen LogP contribution in [0.3, 0.4) is 0 Å². The maximum Gasteiger partial charge on any atom is 0.0401 e. The van der Waals surface area contributed by atoms with Gasteiger partial charge in [0.1, 0.15) is 0 Å². The molecule has 0 aliphatic heterocycles. The van der Waals surface area contributed by atoms with Crippen molar-refractivity contribution in [1.29, 1.82) is 0 Å². The van der Waals surface area contributed by atoms with Crippen molar-refractivity contribution in [1.82, 2.24) is 0 Å². The molecule has 1 aromatic rings. The van der Waals surface area contributed by atoms with Gasteiger partial charge < -0.3 is 10.6 Å². The molecule has 1 aromatic carbocycles. The summed E-state index contributed by atoms with van der Waals surface area (Å²) in [6.45, 7) is 10.3. The van der Waals surface area contributed by atoms with Crippen LogP contribution in [0, 0.1) is 13.8 Å². The van der Waals surface area contributed by atoms with Crippen molar-refractivity contribution in [3.63, 3.8) is 0 Å². The number of hydrogen-bond donors (Lipinski definition) is 1. The Bertz CT molecular complexity index is 320. The van der Waals surface area contributed by atoms with E-state index in [1.54, 1.807) is 0 Å². The number of rotatable bonds is 4. The Hall–Kier alpha value is -1.02. The monoisotopic (exact) mass is 206 g/mol. The van der Waals surface area contributed by atoms with E-state index in [4.69, 9.17) is 5.73 Å². The van der Waals surface area contributed by atoms with Crippen molar-refractivity contribution in [2.45, 2.75) is 33.7 Å². The van der Waals surface area contributed by atoms with Gasteiger partial charge in [0, 0.05) is 24.8 Å². The van der Waals surface area contributed by atoms with Gasteiger partial charge in [-0.3, -0.25) is 0 Å². The highest BCUT2D eigenvalue weighted by molar-refractivity contribution is 5.55. The summed E-state index contributed by atoms with van der Waals surface area (Å²) >= 11 is 0. The summed E-state index contributed by atoms with van der Waals surface area (Å²) in [6, 6.07) is 6.97. The molecule has 0 fully saturated rings. The molecule has 0 bridgehead atoms. The van der Waals surface area contributed by atoms with Gasteiger partial charge >= 0.3 is 0 Å². The Morgan fingerprint density at radius 3 is 2.53 bits per heavy atom. The molecule has 0 radical (unpaired) electrons. The van der Waals surface area contributed by atoms with E-state index in [0.29, 0.717) is 12.6 Å². The number of anilines is 1. The van der Waals surface area contributed by atoms with Crippen molar-refractivity contribution in [3.8, 4) is 0 Å². The summed E-state index contributed by atoms with van der Waals surface area (Å²) in [7, 11) is 0. The highest BCUT2D eigenvalue weighted by atomic mass is 15.2. The van der Waals surface area contributed by atoms with Crippen LogP contribution in [0.5, 0.6) is 0 Å². The minimum absolute atomic E-state index is 0.399. The maximum atomic E-state index is 5.73. The lowest BCUT2D eigenvalue weighted by Crippen LogP contribution is -2.38. The van der Waals surface area contributed by atoms with Crippen molar-refractivity contribution in [3.05, 3.63) is 29.3 Å². The van der Waals surface area contributed by atoms with E-state index in [0.717, 1.165) is 6.54 Å². The Morgan fingerprint density at radius 1 is 1.33 bits per heavy atom. The number of aryl methyl sites for hydroxylation is 2. The van der Waals surface area contributed by atoms with Crippen LogP contribution in [0.15, 0.2) is 18.2 Å². The van der Waals surface area contributed by atoms with E-state index in [9.17, 15) is 0 Å². The van der Waals surface area contributed by atoms with Gasteiger partial charge in [-0.25, -0.2) is 0 Å². The molecule has 1 rings (SSSR count). The molecule has 2 N–H and O–H groups in total. The first-order valence-corrected chi connectivity index (χ1v) is 5.64. The topological polar surface area (TPSA) is 29.3 Å². The smallest absolute Gasteiger partial charge is 0.0401 e. The molecule has 2 heteroatoms. The summed E-state index contributed by atoms with van der Waals surface area (Å²) in [4.78, 5) is 2.36. The second kappa shape index (κ2) is 5.17. The molecule has 15 heavy (non-hydrogen) atoms. The summed E-state index contributed by atoms with van der Waals surface area (Å²) in [5.74, 6) is 0. The highest BCUT2D eigenvalue weighted by Gasteiger charge is 2.13. The standard InChI is InChI=1S/C13H22N2/c1-5-15(12(4)9-14)13-8-10(2)6-7-11(13)3/h6-8,12H,5,9,14H2,1-4H3. The zero-order chi connectivity index (χ0) is 11.4. The second-order valence-corrected chi connectivity index (χ2v) is 4.16. The normalized spacial score (nSPS) is 12.6. The molecule has 2 nitrogen and oxygen atoms in total. The molecule has 0 spiro atoms. The molecule has 1 atom stereocenters. The van der Waals surface area contributed by atoms with Crippen LogP contribution >= 0.6 is 0 Å². The molecular weight excluding hydrogens is 184 g/mol. The highest BCUT2D eigenvalue weighted by Crippen LogP contribution is 2.22. The summed E-state index contributed by atoms with van der Waals surface area (Å²) in [5.41, 5.74) is 9.67. The number of nitrogens with zero attached hydrogens (tertiary/aromatic N) is 1. The fraction of sp³-hybridized carbons (Fsp3) is 0.538. The number of likely N-dealkylation sites (N-methyl/N-ethyl adjacent to an activating group) is 1. The molecule has 84 valence electrons. The lowest BCUT2D eigenvalue weighted by atomic mass is 10.1. The fourth-order valence-corrected chi connectivity index (χ4v) is 1.88. The van der Waals surface area contributed by atoms with Crippen LogP contribution in [0.2, 0.25) is 0 Å². The van der Waals surface area contributed by atoms with E-state index < -0.39 is 0 Å². The minimum Gasteiger partial charge on any atom is -0.368 e. The summed E-state index contributed by atoms with van der Waals surface area (Å²) in [6.07, 6.45) is 0. The zero-order valence-corrected chi connectivity index (χ0v) is 10.2. The first-order valence-electron chi connectivity index (χ1n) is 5.64. The van der Waals surface area contributed by atoms with Gasteiger partial charge in [0.05, 0.1) is 0 Å². The number of hydrogen-bond acceptors (Lipinski definition) is 2. The van der Waals surface area contributed by atoms with Crippen molar-refractivity contribution >= 4 is 5.69 Å². The fourth-order valence-electron chi connectivity index (χ4n) is 1.88. The van der Waals surface area contributed by atoms with Crippen LogP contribution in [0.1, 0.15) is 25.0 Å². The SMILES string of the molecule is CCN(c1cc(C)ccc1C)C(C)CN. The van der Waals surface area contributed by atoms with Gasteiger partial charge in [0.25, 0.3) is 0 Å². The molecule has 0 heterocycles. The van der Waals surface area contributed by atoms with Crippen molar-refractivity contribution in [2.75, 3.05) is 18.0 Å². The second-order valence-electron chi connectivity index (χ2n) is 4.16. The third-order valence-electron chi connectivity index (χ3n) is 2.89. The predicted octanol–water partition coefficient (Wildman–Crippen LogP) is 2.48. The van der Waals surface area contributed by atoms with Crippen LogP contribution in [0.4, 0.5) is 5.69 Å². The van der Waals surface area contributed by atoms with Crippen molar-refractivity contribution < 1.29 is 0 Å². The maximum absolute atomic E-state index is 5.73. The Labute approximate surface area is 93.1 Å². The Balaban J connectivity index is 3.05. The lowest BCUT2D eigenvalue weighted by Gasteiger charge is -2.31. The van der Waals surface area contributed by atoms with E-state index in [1.807, 2.05) is 0 Å². The lowest BCUT2D eigenvalue weighted by molar-refractivity contribution is 0.655.